The predicted molar refractivity (Wildman–Crippen MR) is 52.0 cm³/mol. The van der Waals surface area contributed by atoms with Crippen LogP contribution < -0.4 is 11.1 Å². The SMILES string of the molecule is NC(CC(=O)O)C(=O)NC1(CO)CCC1. The summed E-state index contributed by atoms with van der Waals surface area (Å²) in [4.78, 5) is 21.8. The minimum Gasteiger partial charge on any atom is -0.481 e. The van der Waals surface area contributed by atoms with Crippen LogP contribution >= 0.6 is 0 Å². The molecule has 1 unspecified atom stereocenters. The molecule has 0 radical (unpaired) electrons. The summed E-state index contributed by atoms with van der Waals surface area (Å²) >= 11 is 0. The molecule has 1 amide bonds. The lowest BCUT2D eigenvalue weighted by Crippen LogP contribution is -2.59. The molecule has 0 aliphatic heterocycles. The van der Waals surface area contributed by atoms with E-state index in [1.807, 2.05) is 0 Å². The van der Waals surface area contributed by atoms with Crippen LogP contribution in [-0.2, 0) is 9.59 Å². The van der Waals surface area contributed by atoms with Gasteiger partial charge >= 0.3 is 5.97 Å². The maximum atomic E-state index is 11.4. The monoisotopic (exact) mass is 216 g/mol. The lowest BCUT2D eigenvalue weighted by molar-refractivity contribution is -0.140. The summed E-state index contributed by atoms with van der Waals surface area (Å²) in [6.45, 7) is -0.126. The van der Waals surface area contributed by atoms with Crippen molar-refractivity contribution in [2.75, 3.05) is 6.61 Å². The van der Waals surface area contributed by atoms with Gasteiger partial charge in [-0.3, -0.25) is 9.59 Å². The Labute approximate surface area is 87.5 Å². The average molecular weight is 216 g/mol. The molecule has 5 N–H and O–H groups in total. The molecule has 1 fully saturated rings. The highest BCUT2D eigenvalue weighted by Gasteiger charge is 2.38. The minimum absolute atomic E-state index is 0.126. The molecule has 1 atom stereocenters. The number of aliphatic carboxylic acids is 1. The van der Waals surface area contributed by atoms with Gasteiger partial charge in [-0.15, -0.1) is 0 Å². The van der Waals surface area contributed by atoms with Crippen molar-refractivity contribution >= 4 is 11.9 Å². The molecular weight excluding hydrogens is 200 g/mol. The summed E-state index contributed by atoms with van der Waals surface area (Å²) in [5.41, 5.74) is 4.82. The predicted octanol–water partition coefficient (Wildman–Crippen LogP) is -1.18. The molecule has 0 bridgehead atoms. The van der Waals surface area contributed by atoms with Gasteiger partial charge in [0.1, 0.15) is 0 Å². The van der Waals surface area contributed by atoms with Crippen LogP contribution in [0.4, 0.5) is 0 Å². The second-order valence-corrected chi connectivity index (χ2v) is 3.99. The van der Waals surface area contributed by atoms with E-state index in [1.54, 1.807) is 0 Å². The number of carbonyl (C=O) groups excluding carboxylic acids is 1. The largest absolute Gasteiger partial charge is 0.481 e. The average Bonchev–Trinajstić information content (AvgIpc) is 2.09. The highest BCUT2D eigenvalue weighted by atomic mass is 16.4. The number of nitrogens with one attached hydrogen (secondary N) is 1. The molecule has 86 valence electrons. The van der Waals surface area contributed by atoms with Crippen molar-refractivity contribution in [1.82, 2.24) is 5.32 Å². The van der Waals surface area contributed by atoms with E-state index in [2.05, 4.69) is 5.32 Å². The van der Waals surface area contributed by atoms with Gasteiger partial charge < -0.3 is 21.3 Å². The number of carbonyl (C=O) groups is 2. The third kappa shape index (κ3) is 2.90. The summed E-state index contributed by atoms with van der Waals surface area (Å²) in [7, 11) is 0. The molecular formula is C9H16N2O4. The van der Waals surface area contributed by atoms with Crippen LogP contribution in [0.2, 0.25) is 0 Å². The van der Waals surface area contributed by atoms with E-state index in [1.165, 1.54) is 0 Å². The molecule has 0 spiro atoms. The van der Waals surface area contributed by atoms with Crippen molar-refractivity contribution in [3.8, 4) is 0 Å². The van der Waals surface area contributed by atoms with Crippen molar-refractivity contribution in [2.24, 2.45) is 5.73 Å². The van der Waals surface area contributed by atoms with E-state index < -0.39 is 29.9 Å². The first-order valence-corrected chi connectivity index (χ1v) is 4.89. The number of hydrogen-bond acceptors (Lipinski definition) is 4. The number of hydrogen-bond donors (Lipinski definition) is 4. The van der Waals surface area contributed by atoms with Gasteiger partial charge in [0.25, 0.3) is 0 Å². The molecule has 15 heavy (non-hydrogen) atoms. The number of aliphatic hydroxyl groups excluding tert-OH is 1. The first-order chi connectivity index (χ1) is 6.99. The summed E-state index contributed by atoms with van der Waals surface area (Å²) in [5.74, 6) is -1.62. The minimum atomic E-state index is -1.11. The topological polar surface area (TPSA) is 113 Å². The fourth-order valence-corrected chi connectivity index (χ4v) is 1.56. The number of carboxylic acid groups (broad SMARTS) is 1. The smallest absolute Gasteiger partial charge is 0.305 e. The van der Waals surface area contributed by atoms with Gasteiger partial charge in [0.05, 0.1) is 24.6 Å². The van der Waals surface area contributed by atoms with Crippen LogP contribution in [0.15, 0.2) is 0 Å². The van der Waals surface area contributed by atoms with E-state index in [-0.39, 0.29) is 6.61 Å². The van der Waals surface area contributed by atoms with E-state index in [0.717, 1.165) is 19.3 Å². The van der Waals surface area contributed by atoms with Crippen LogP contribution in [0, 0.1) is 0 Å². The molecule has 0 saturated heterocycles. The molecule has 0 aromatic rings. The van der Waals surface area contributed by atoms with Crippen molar-refractivity contribution in [3.63, 3.8) is 0 Å². The molecule has 0 heterocycles. The fraction of sp³-hybridized carbons (Fsp3) is 0.778. The van der Waals surface area contributed by atoms with Crippen molar-refractivity contribution in [3.05, 3.63) is 0 Å². The Morgan fingerprint density at radius 3 is 2.40 bits per heavy atom. The zero-order valence-corrected chi connectivity index (χ0v) is 8.40. The summed E-state index contributed by atoms with van der Waals surface area (Å²) in [6.07, 6.45) is 1.99. The fourth-order valence-electron chi connectivity index (χ4n) is 1.56. The van der Waals surface area contributed by atoms with Gasteiger partial charge in [-0.05, 0) is 19.3 Å². The van der Waals surface area contributed by atoms with Crippen LogP contribution in [0.3, 0.4) is 0 Å². The highest BCUT2D eigenvalue weighted by Crippen LogP contribution is 2.31. The first kappa shape index (κ1) is 11.9. The molecule has 1 aliphatic carbocycles. The Morgan fingerprint density at radius 2 is 2.07 bits per heavy atom. The first-order valence-electron chi connectivity index (χ1n) is 4.89. The molecule has 1 aliphatic rings. The van der Waals surface area contributed by atoms with Crippen molar-refractivity contribution in [1.29, 1.82) is 0 Å². The standard InChI is InChI=1S/C9H16N2O4/c10-6(4-7(13)14)8(15)11-9(5-12)2-1-3-9/h6,12H,1-5,10H2,(H,11,15)(H,13,14). The van der Waals surface area contributed by atoms with Crippen molar-refractivity contribution in [2.45, 2.75) is 37.3 Å². The Balaban J connectivity index is 2.43. The van der Waals surface area contributed by atoms with Gasteiger partial charge in [-0.2, -0.15) is 0 Å². The Bertz CT molecular complexity index is 257. The molecule has 6 nitrogen and oxygen atoms in total. The number of nitrogens with two attached hydrogens (primary N) is 1. The normalized spacial score (nSPS) is 20.1. The summed E-state index contributed by atoms with van der Waals surface area (Å²) in [5, 5.41) is 20.1. The third-order valence-corrected chi connectivity index (χ3v) is 2.73. The van der Waals surface area contributed by atoms with Crippen LogP contribution in [-0.4, -0.2) is 40.3 Å². The maximum absolute atomic E-state index is 11.4. The Kier molecular flexibility index (Phi) is 3.65. The second-order valence-electron chi connectivity index (χ2n) is 3.99. The summed E-state index contributed by atoms with van der Waals surface area (Å²) < 4.78 is 0. The number of rotatable bonds is 5. The van der Waals surface area contributed by atoms with E-state index in [4.69, 9.17) is 15.9 Å². The van der Waals surface area contributed by atoms with Crippen molar-refractivity contribution < 1.29 is 19.8 Å². The number of aliphatic hydroxyl groups is 1. The zero-order chi connectivity index (χ0) is 11.5. The molecule has 1 rings (SSSR count). The van der Waals surface area contributed by atoms with E-state index >= 15 is 0 Å². The maximum Gasteiger partial charge on any atom is 0.305 e. The van der Waals surface area contributed by atoms with Crippen LogP contribution in [0.5, 0.6) is 0 Å². The summed E-state index contributed by atoms with van der Waals surface area (Å²) in [6, 6.07) is -1.05. The number of carboxylic acids is 1. The van der Waals surface area contributed by atoms with Gasteiger partial charge in [0.15, 0.2) is 0 Å². The van der Waals surface area contributed by atoms with E-state index in [0.29, 0.717) is 0 Å². The molecule has 1 saturated carbocycles. The molecule has 0 aromatic heterocycles. The lowest BCUT2D eigenvalue weighted by atomic mass is 9.77. The molecule has 6 heteroatoms. The van der Waals surface area contributed by atoms with Gasteiger partial charge in [0.2, 0.25) is 5.91 Å². The van der Waals surface area contributed by atoms with Gasteiger partial charge in [-0.1, -0.05) is 0 Å². The third-order valence-electron chi connectivity index (χ3n) is 2.73. The van der Waals surface area contributed by atoms with Crippen LogP contribution in [0.1, 0.15) is 25.7 Å². The Hall–Kier alpha value is -1.14. The van der Waals surface area contributed by atoms with Crippen LogP contribution in [0.25, 0.3) is 0 Å². The quantitative estimate of drug-likeness (QED) is 0.462. The number of amides is 1. The van der Waals surface area contributed by atoms with Gasteiger partial charge in [0, 0.05) is 0 Å². The zero-order valence-electron chi connectivity index (χ0n) is 8.40. The second kappa shape index (κ2) is 4.59. The lowest BCUT2D eigenvalue weighted by Gasteiger charge is -2.41. The van der Waals surface area contributed by atoms with Gasteiger partial charge in [-0.25, -0.2) is 0 Å². The highest BCUT2D eigenvalue weighted by molar-refractivity contribution is 5.86. The Morgan fingerprint density at radius 1 is 1.47 bits per heavy atom. The van der Waals surface area contributed by atoms with E-state index in [9.17, 15) is 9.59 Å². The molecule has 0 aromatic carbocycles.